The minimum absolute atomic E-state index is 0.252. The standard InChI is InChI=1S/C17H26N2O2S/c1-22-12-11-18-15-7-9-16(10-8-15)19-17(20)21-13-14-5-3-2-4-6-14/h2-6,15-16,18H,7-13H2,1H3,(H,19,20). The van der Waals surface area contributed by atoms with E-state index in [0.717, 1.165) is 43.5 Å². The van der Waals surface area contributed by atoms with Crippen molar-refractivity contribution in [3.8, 4) is 0 Å². The average Bonchev–Trinajstić information content (AvgIpc) is 2.56. The normalized spacial score (nSPS) is 21.3. The highest BCUT2D eigenvalue weighted by Gasteiger charge is 2.22. The zero-order valence-corrected chi connectivity index (χ0v) is 14.0. The number of amides is 1. The Kier molecular flexibility index (Phi) is 7.60. The van der Waals surface area contributed by atoms with Crippen LogP contribution in [-0.4, -0.2) is 36.7 Å². The monoisotopic (exact) mass is 322 g/mol. The first kappa shape index (κ1) is 17.2. The lowest BCUT2D eigenvalue weighted by Crippen LogP contribution is -2.42. The SMILES string of the molecule is CSCCNC1CCC(NC(=O)OCc2ccccc2)CC1. The molecule has 22 heavy (non-hydrogen) atoms. The Bertz CT molecular complexity index is 434. The van der Waals surface area contributed by atoms with Crippen molar-refractivity contribution in [1.82, 2.24) is 10.6 Å². The van der Waals surface area contributed by atoms with Crippen LogP contribution in [0.25, 0.3) is 0 Å². The second-order valence-electron chi connectivity index (χ2n) is 5.70. The summed E-state index contributed by atoms with van der Waals surface area (Å²) >= 11 is 1.87. The second-order valence-corrected chi connectivity index (χ2v) is 6.69. The van der Waals surface area contributed by atoms with Crippen LogP contribution in [0.15, 0.2) is 30.3 Å². The Labute approximate surface area is 137 Å². The lowest BCUT2D eigenvalue weighted by molar-refractivity contribution is 0.132. The van der Waals surface area contributed by atoms with Crippen LogP contribution in [0.3, 0.4) is 0 Å². The molecule has 0 unspecified atom stereocenters. The van der Waals surface area contributed by atoms with Gasteiger partial charge in [-0.2, -0.15) is 11.8 Å². The molecule has 1 fully saturated rings. The van der Waals surface area contributed by atoms with Crippen LogP contribution in [0.2, 0.25) is 0 Å². The minimum atomic E-state index is -0.303. The summed E-state index contributed by atoms with van der Waals surface area (Å²) in [6, 6.07) is 10.6. The van der Waals surface area contributed by atoms with Gasteiger partial charge in [0.05, 0.1) is 0 Å². The van der Waals surface area contributed by atoms with E-state index in [0.29, 0.717) is 12.6 Å². The highest BCUT2D eigenvalue weighted by molar-refractivity contribution is 7.98. The molecular formula is C17H26N2O2S. The van der Waals surface area contributed by atoms with Crippen LogP contribution in [0.1, 0.15) is 31.2 Å². The number of thioether (sulfide) groups is 1. The van der Waals surface area contributed by atoms with Gasteiger partial charge in [0.15, 0.2) is 0 Å². The van der Waals surface area contributed by atoms with Gasteiger partial charge in [-0.3, -0.25) is 0 Å². The molecule has 0 spiro atoms. The molecule has 2 rings (SSSR count). The van der Waals surface area contributed by atoms with Gasteiger partial charge in [0.25, 0.3) is 0 Å². The molecule has 0 saturated heterocycles. The van der Waals surface area contributed by atoms with E-state index < -0.39 is 0 Å². The maximum absolute atomic E-state index is 11.8. The van der Waals surface area contributed by atoms with Crippen molar-refractivity contribution < 1.29 is 9.53 Å². The number of nitrogens with one attached hydrogen (secondary N) is 2. The fraction of sp³-hybridized carbons (Fsp3) is 0.588. The molecule has 1 amide bonds. The molecule has 0 heterocycles. The van der Waals surface area contributed by atoms with Crippen molar-refractivity contribution >= 4 is 17.9 Å². The highest BCUT2D eigenvalue weighted by Crippen LogP contribution is 2.18. The third-order valence-electron chi connectivity index (χ3n) is 4.00. The fourth-order valence-electron chi connectivity index (χ4n) is 2.74. The fourth-order valence-corrected chi connectivity index (χ4v) is 3.06. The summed E-state index contributed by atoms with van der Waals surface area (Å²) in [5.74, 6) is 1.16. The molecule has 4 nitrogen and oxygen atoms in total. The van der Waals surface area contributed by atoms with E-state index in [2.05, 4.69) is 16.9 Å². The smallest absolute Gasteiger partial charge is 0.407 e. The Morgan fingerprint density at radius 1 is 1.18 bits per heavy atom. The van der Waals surface area contributed by atoms with E-state index in [1.807, 2.05) is 42.1 Å². The Morgan fingerprint density at radius 2 is 1.86 bits per heavy atom. The zero-order chi connectivity index (χ0) is 15.6. The number of hydrogen-bond acceptors (Lipinski definition) is 4. The summed E-state index contributed by atoms with van der Waals surface area (Å²) in [5.41, 5.74) is 1.01. The van der Waals surface area contributed by atoms with Crippen molar-refractivity contribution in [2.75, 3.05) is 18.6 Å². The van der Waals surface area contributed by atoms with Gasteiger partial charge < -0.3 is 15.4 Å². The van der Waals surface area contributed by atoms with Gasteiger partial charge in [-0.05, 0) is 37.5 Å². The zero-order valence-electron chi connectivity index (χ0n) is 13.2. The van der Waals surface area contributed by atoms with Crippen LogP contribution in [-0.2, 0) is 11.3 Å². The molecule has 2 N–H and O–H groups in total. The Morgan fingerprint density at radius 3 is 2.55 bits per heavy atom. The summed E-state index contributed by atoms with van der Waals surface area (Å²) in [5, 5.41) is 6.56. The first-order chi connectivity index (χ1) is 10.8. The molecule has 1 saturated carbocycles. The van der Waals surface area contributed by atoms with E-state index in [1.54, 1.807) is 0 Å². The number of ether oxygens (including phenoxy) is 1. The van der Waals surface area contributed by atoms with E-state index in [4.69, 9.17) is 4.74 Å². The average molecular weight is 322 g/mol. The van der Waals surface area contributed by atoms with E-state index in [-0.39, 0.29) is 12.1 Å². The van der Waals surface area contributed by atoms with Gasteiger partial charge in [0.2, 0.25) is 0 Å². The van der Waals surface area contributed by atoms with Gasteiger partial charge in [-0.25, -0.2) is 4.79 Å². The molecular weight excluding hydrogens is 296 g/mol. The summed E-state index contributed by atoms with van der Waals surface area (Å²) < 4.78 is 5.27. The molecule has 1 aliphatic carbocycles. The molecule has 1 aliphatic rings. The number of alkyl carbamates (subject to hydrolysis) is 1. The maximum atomic E-state index is 11.8. The first-order valence-electron chi connectivity index (χ1n) is 7.97. The summed E-state index contributed by atoms with van der Waals surface area (Å²) in [6.45, 7) is 1.40. The predicted molar refractivity (Wildman–Crippen MR) is 92.2 cm³/mol. The van der Waals surface area contributed by atoms with Crippen LogP contribution in [0, 0.1) is 0 Å². The van der Waals surface area contributed by atoms with Gasteiger partial charge >= 0.3 is 6.09 Å². The molecule has 122 valence electrons. The molecule has 0 aliphatic heterocycles. The topological polar surface area (TPSA) is 50.4 Å². The highest BCUT2D eigenvalue weighted by atomic mass is 32.2. The van der Waals surface area contributed by atoms with Crippen molar-refractivity contribution in [3.63, 3.8) is 0 Å². The first-order valence-corrected chi connectivity index (χ1v) is 9.37. The van der Waals surface area contributed by atoms with E-state index in [1.165, 1.54) is 0 Å². The van der Waals surface area contributed by atoms with Crippen molar-refractivity contribution in [2.45, 2.75) is 44.4 Å². The van der Waals surface area contributed by atoms with Crippen molar-refractivity contribution in [3.05, 3.63) is 35.9 Å². The number of carbonyl (C=O) groups is 1. The quantitative estimate of drug-likeness (QED) is 0.757. The van der Waals surface area contributed by atoms with Gasteiger partial charge in [0.1, 0.15) is 6.61 Å². The number of rotatable bonds is 7. The van der Waals surface area contributed by atoms with Crippen molar-refractivity contribution in [2.24, 2.45) is 0 Å². The van der Waals surface area contributed by atoms with Gasteiger partial charge in [0, 0.05) is 24.4 Å². The van der Waals surface area contributed by atoms with Crippen LogP contribution in [0.5, 0.6) is 0 Å². The molecule has 5 heteroatoms. The predicted octanol–water partition coefficient (Wildman–Crippen LogP) is 3.18. The van der Waals surface area contributed by atoms with E-state index in [9.17, 15) is 4.79 Å². The Hall–Kier alpha value is -1.20. The van der Waals surface area contributed by atoms with Gasteiger partial charge in [-0.15, -0.1) is 0 Å². The number of hydrogen-bond donors (Lipinski definition) is 2. The van der Waals surface area contributed by atoms with Crippen LogP contribution in [0.4, 0.5) is 4.79 Å². The molecule has 0 bridgehead atoms. The molecule has 0 radical (unpaired) electrons. The third kappa shape index (κ3) is 6.28. The lowest BCUT2D eigenvalue weighted by Gasteiger charge is -2.29. The third-order valence-corrected chi connectivity index (χ3v) is 4.61. The molecule has 1 aromatic carbocycles. The molecule has 1 aromatic rings. The summed E-state index contributed by atoms with van der Waals surface area (Å²) in [4.78, 5) is 11.8. The largest absolute Gasteiger partial charge is 0.445 e. The second kappa shape index (κ2) is 9.74. The number of benzene rings is 1. The minimum Gasteiger partial charge on any atom is -0.445 e. The number of carbonyl (C=O) groups excluding carboxylic acids is 1. The van der Waals surface area contributed by atoms with Gasteiger partial charge in [-0.1, -0.05) is 30.3 Å². The van der Waals surface area contributed by atoms with E-state index >= 15 is 0 Å². The molecule has 0 atom stereocenters. The van der Waals surface area contributed by atoms with Crippen LogP contribution >= 0.6 is 11.8 Å². The summed E-state index contributed by atoms with van der Waals surface area (Å²) in [6.07, 6.45) is 6.12. The van der Waals surface area contributed by atoms with Crippen LogP contribution < -0.4 is 10.6 Å². The Balaban J connectivity index is 1.60. The maximum Gasteiger partial charge on any atom is 0.407 e. The lowest BCUT2D eigenvalue weighted by atomic mass is 9.91. The van der Waals surface area contributed by atoms with Crippen molar-refractivity contribution in [1.29, 1.82) is 0 Å². The summed E-state index contributed by atoms with van der Waals surface area (Å²) in [7, 11) is 0. The molecule has 0 aromatic heterocycles.